The Hall–Kier alpha value is -1.02. The zero-order valence-electron chi connectivity index (χ0n) is 13.5. The summed E-state index contributed by atoms with van der Waals surface area (Å²) in [6, 6.07) is 6.70. The predicted molar refractivity (Wildman–Crippen MR) is 84.1 cm³/mol. The van der Waals surface area contributed by atoms with Gasteiger partial charge in [0, 0.05) is 24.9 Å². The van der Waals surface area contributed by atoms with Crippen LogP contribution in [0, 0.1) is 6.92 Å². The standard InChI is InChI=1S/C17H29NO/c1-13-8-9-14(16(2,3)4)12-15(13)18(7)17(5,6)10-11-19/h8-9,12,19H,10-11H2,1-7H3. The van der Waals surface area contributed by atoms with Crippen LogP contribution < -0.4 is 4.90 Å². The van der Waals surface area contributed by atoms with Gasteiger partial charge in [-0.1, -0.05) is 32.9 Å². The third-order valence-corrected chi connectivity index (χ3v) is 4.07. The van der Waals surface area contributed by atoms with E-state index in [0.717, 1.165) is 6.42 Å². The number of anilines is 1. The molecule has 1 aromatic carbocycles. The van der Waals surface area contributed by atoms with Crippen molar-refractivity contribution in [2.45, 2.75) is 58.9 Å². The van der Waals surface area contributed by atoms with Gasteiger partial charge in [-0.25, -0.2) is 0 Å². The van der Waals surface area contributed by atoms with E-state index >= 15 is 0 Å². The summed E-state index contributed by atoms with van der Waals surface area (Å²) in [7, 11) is 2.12. The van der Waals surface area contributed by atoms with Crippen molar-refractivity contribution in [2.75, 3.05) is 18.6 Å². The number of hydrogen-bond acceptors (Lipinski definition) is 2. The SMILES string of the molecule is Cc1ccc(C(C)(C)C)cc1N(C)C(C)(C)CCO. The van der Waals surface area contributed by atoms with Gasteiger partial charge >= 0.3 is 0 Å². The molecule has 0 heterocycles. The van der Waals surface area contributed by atoms with E-state index in [4.69, 9.17) is 0 Å². The molecule has 1 N–H and O–H groups in total. The van der Waals surface area contributed by atoms with Crippen molar-refractivity contribution in [1.29, 1.82) is 0 Å². The van der Waals surface area contributed by atoms with E-state index in [-0.39, 0.29) is 17.6 Å². The first-order valence-electron chi connectivity index (χ1n) is 7.05. The number of aryl methyl sites for hydroxylation is 1. The highest BCUT2D eigenvalue weighted by molar-refractivity contribution is 5.57. The minimum absolute atomic E-state index is 0.0456. The highest BCUT2D eigenvalue weighted by Gasteiger charge is 2.25. The van der Waals surface area contributed by atoms with Gasteiger partial charge in [-0.3, -0.25) is 0 Å². The summed E-state index contributed by atoms with van der Waals surface area (Å²) in [5, 5.41) is 9.22. The van der Waals surface area contributed by atoms with Crippen molar-refractivity contribution in [3.63, 3.8) is 0 Å². The van der Waals surface area contributed by atoms with Crippen LogP contribution in [0.5, 0.6) is 0 Å². The normalized spacial score (nSPS) is 12.6. The number of hydrogen-bond donors (Lipinski definition) is 1. The number of aliphatic hydroxyl groups is 1. The van der Waals surface area contributed by atoms with Crippen molar-refractivity contribution in [2.24, 2.45) is 0 Å². The largest absolute Gasteiger partial charge is 0.396 e. The van der Waals surface area contributed by atoms with Crippen molar-refractivity contribution in [1.82, 2.24) is 0 Å². The second-order valence-corrected chi connectivity index (χ2v) is 7.10. The highest BCUT2D eigenvalue weighted by atomic mass is 16.3. The molecule has 108 valence electrons. The minimum atomic E-state index is -0.0456. The molecule has 0 unspecified atom stereocenters. The van der Waals surface area contributed by atoms with Crippen LogP contribution in [-0.4, -0.2) is 24.3 Å². The zero-order valence-corrected chi connectivity index (χ0v) is 13.5. The molecule has 2 heteroatoms. The van der Waals surface area contributed by atoms with Gasteiger partial charge in [0.1, 0.15) is 0 Å². The Balaban J connectivity index is 3.19. The van der Waals surface area contributed by atoms with Crippen molar-refractivity contribution >= 4 is 5.69 Å². The predicted octanol–water partition coefficient (Wildman–Crippen LogP) is 3.89. The lowest BCUT2D eigenvalue weighted by molar-refractivity contribution is 0.250. The Morgan fingerprint density at radius 2 is 1.68 bits per heavy atom. The maximum atomic E-state index is 9.22. The molecule has 0 aliphatic carbocycles. The third-order valence-electron chi connectivity index (χ3n) is 4.07. The van der Waals surface area contributed by atoms with Gasteiger partial charge < -0.3 is 10.0 Å². The van der Waals surface area contributed by atoms with Crippen LogP contribution in [0.1, 0.15) is 52.2 Å². The molecule has 1 aromatic rings. The summed E-state index contributed by atoms with van der Waals surface area (Å²) < 4.78 is 0. The van der Waals surface area contributed by atoms with Crippen LogP contribution in [0.15, 0.2) is 18.2 Å². The summed E-state index contributed by atoms with van der Waals surface area (Å²) in [4.78, 5) is 2.29. The molecule has 0 saturated carbocycles. The number of benzene rings is 1. The van der Waals surface area contributed by atoms with Crippen LogP contribution in [0.2, 0.25) is 0 Å². The molecule has 0 aromatic heterocycles. The topological polar surface area (TPSA) is 23.5 Å². The number of rotatable bonds is 4. The summed E-state index contributed by atoms with van der Waals surface area (Å²) in [6.07, 6.45) is 0.767. The van der Waals surface area contributed by atoms with E-state index in [9.17, 15) is 5.11 Å². The molecule has 0 bridgehead atoms. The Morgan fingerprint density at radius 1 is 1.11 bits per heavy atom. The van der Waals surface area contributed by atoms with Gasteiger partial charge in [-0.15, -0.1) is 0 Å². The molecule has 2 nitrogen and oxygen atoms in total. The van der Waals surface area contributed by atoms with Crippen LogP contribution in [-0.2, 0) is 5.41 Å². The lowest BCUT2D eigenvalue weighted by atomic mass is 9.85. The number of aliphatic hydroxyl groups excluding tert-OH is 1. The second-order valence-electron chi connectivity index (χ2n) is 7.10. The molecule has 19 heavy (non-hydrogen) atoms. The summed E-state index contributed by atoms with van der Waals surface area (Å²) >= 11 is 0. The average molecular weight is 263 g/mol. The van der Waals surface area contributed by atoms with Gasteiger partial charge in [-0.05, 0) is 49.8 Å². The third kappa shape index (κ3) is 3.73. The fraction of sp³-hybridized carbons (Fsp3) is 0.647. The van der Waals surface area contributed by atoms with Crippen LogP contribution in [0.4, 0.5) is 5.69 Å². The second kappa shape index (κ2) is 5.54. The van der Waals surface area contributed by atoms with Gasteiger partial charge in [0.05, 0.1) is 0 Å². The molecule has 0 saturated heterocycles. The number of nitrogens with zero attached hydrogens (tertiary/aromatic N) is 1. The fourth-order valence-corrected chi connectivity index (χ4v) is 2.20. The highest BCUT2D eigenvalue weighted by Crippen LogP contribution is 2.32. The Kier molecular flexibility index (Phi) is 4.67. The van der Waals surface area contributed by atoms with Gasteiger partial charge in [0.15, 0.2) is 0 Å². The molecule has 0 amide bonds. The lowest BCUT2D eigenvalue weighted by Gasteiger charge is -2.39. The molecule has 0 spiro atoms. The summed E-state index contributed by atoms with van der Waals surface area (Å²) in [6.45, 7) is 13.4. The maximum absolute atomic E-state index is 9.22. The molecular formula is C17H29NO. The Labute approximate surface area is 118 Å². The molecule has 0 radical (unpaired) electrons. The van der Waals surface area contributed by atoms with Crippen LogP contribution in [0.3, 0.4) is 0 Å². The van der Waals surface area contributed by atoms with Crippen molar-refractivity contribution in [3.05, 3.63) is 29.3 Å². The van der Waals surface area contributed by atoms with Crippen molar-refractivity contribution < 1.29 is 5.11 Å². The summed E-state index contributed by atoms with van der Waals surface area (Å²) in [5.41, 5.74) is 3.99. The maximum Gasteiger partial charge on any atom is 0.0453 e. The first-order chi connectivity index (χ1) is 8.59. The van der Waals surface area contributed by atoms with Gasteiger partial charge in [0.25, 0.3) is 0 Å². The molecule has 0 fully saturated rings. The minimum Gasteiger partial charge on any atom is -0.396 e. The monoisotopic (exact) mass is 263 g/mol. The molecule has 0 aliphatic heterocycles. The van der Waals surface area contributed by atoms with Crippen molar-refractivity contribution in [3.8, 4) is 0 Å². The van der Waals surface area contributed by atoms with Gasteiger partial charge in [-0.2, -0.15) is 0 Å². The molecule has 0 atom stereocenters. The van der Waals surface area contributed by atoms with E-state index in [0.29, 0.717) is 0 Å². The average Bonchev–Trinajstić information content (AvgIpc) is 2.27. The Bertz CT molecular complexity index is 429. The van der Waals surface area contributed by atoms with Gasteiger partial charge in [0.2, 0.25) is 0 Å². The van der Waals surface area contributed by atoms with E-state index in [1.807, 2.05) is 0 Å². The smallest absolute Gasteiger partial charge is 0.0453 e. The van der Waals surface area contributed by atoms with E-state index < -0.39 is 0 Å². The molecule has 1 rings (SSSR count). The zero-order chi connectivity index (χ0) is 14.8. The molecular weight excluding hydrogens is 234 g/mol. The van der Waals surface area contributed by atoms with E-state index in [1.165, 1.54) is 16.8 Å². The first kappa shape index (κ1) is 16.0. The van der Waals surface area contributed by atoms with E-state index in [1.54, 1.807) is 0 Å². The fourth-order valence-electron chi connectivity index (χ4n) is 2.20. The Morgan fingerprint density at radius 3 is 2.16 bits per heavy atom. The quantitative estimate of drug-likeness (QED) is 0.891. The van der Waals surface area contributed by atoms with E-state index in [2.05, 4.69) is 71.7 Å². The van der Waals surface area contributed by atoms with Crippen LogP contribution in [0.25, 0.3) is 0 Å². The summed E-state index contributed by atoms with van der Waals surface area (Å²) in [5.74, 6) is 0. The molecule has 0 aliphatic rings. The lowest BCUT2D eigenvalue weighted by Crippen LogP contribution is -2.42. The van der Waals surface area contributed by atoms with Crippen LogP contribution >= 0.6 is 0 Å². The first-order valence-corrected chi connectivity index (χ1v) is 7.05.